The number of benzene rings is 3. The average molecular weight is 522 g/mol. The van der Waals surface area contributed by atoms with E-state index in [1.807, 2.05) is 59.2 Å². The molecule has 39 heavy (non-hydrogen) atoms. The smallest absolute Gasteiger partial charge is 0.318 e. The van der Waals surface area contributed by atoms with Crippen LogP contribution in [0.3, 0.4) is 0 Å². The Morgan fingerprint density at radius 1 is 0.872 bits per heavy atom. The van der Waals surface area contributed by atoms with Crippen molar-refractivity contribution in [1.29, 1.82) is 0 Å². The summed E-state index contributed by atoms with van der Waals surface area (Å²) in [5, 5.41) is 3.33. The number of nitrogens with one attached hydrogen (secondary N) is 1. The summed E-state index contributed by atoms with van der Waals surface area (Å²) in [7, 11) is 0. The predicted molar refractivity (Wildman–Crippen MR) is 153 cm³/mol. The number of fused-ring (bicyclic) bond motifs is 3. The van der Waals surface area contributed by atoms with Crippen molar-refractivity contribution in [2.75, 3.05) is 32.8 Å². The average Bonchev–Trinajstić information content (AvgIpc) is 3.53. The minimum Gasteiger partial charge on any atom is -0.493 e. The summed E-state index contributed by atoms with van der Waals surface area (Å²) in [6, 6.07) is 24.3. The monoisotopic (exact) mass is 521 g/mol. The second-order valence-corrected chi connectivity index (χ2v) is 10.9. The quantitative estimate of drug-likeness (QED) is 0.426. The summed E-state index contributed by atoms with van der Waals surface area (Å²) < 4.78 is 5.67. The third kappa shape index (κ3) is 4.91. The topological polar surface area (TPSA) is 61.9 Å². The summed E-state index contributed by atoms with van der Waals surface area (Å²) in [5.41, 5.74) is 5.71. The van der Waals surface area contributed by atoms with Crippen LogP contribution in [0, 0.1) is 5.41 Å². The van der Waals surface area contributed by atoms with E-state index in [4.69, 9.17) is 4.74 Å². The Labute approximate surface area is 230 Å². The molecule has 6 rings (SSSR count). The van der Waals surface area contributed by atoms with Gasteiger partial charge in [0, 0.05) is 37.8 Å². The minimum atomic E-state index is -0.124. The number of para-hydroxylation sites is 1. The number of nitrogens with zero attached hydrogens (tertiary/aromatic N) is 2. The molecule has 6 nitrogen and oxygen atoms in total. The second kappa shape index (κ2) is 10.6. The molecule has 0 unspecified atom stereocenters. The van der Waals surface area contributed by atoms with Crippen LogP contribution in [-0.2, 0) is 4.79 Å². The molecule has 200 valence electrons. The molecule has 3 aromatic rings. The standard InChI is InChI=1S/C33H35N3O3/c1-2-39-29-14-8-3-9-24(29)15-16-30(37)35-20-17-33(18-21-35)19-22-36(23-33)32(38)34-31-27-12-6-4-10-25(27)26-11-5-7-13-28(26)31/h3-16,31H,2,17-23H2,1H3,(H,34,38)/b16-15+. The van der Waals surface area contributed by atoms with Gasteiger partial charge in [-0.3, -0.25) is 4.79 Å². The number of hydrogen-bond acceptors (Lipinski definition) is 3. The number of rotatable bonds is 5. The summed E-state index contributed by atoms with van der Waals surface area (Å²) in [4.78, 5) is 30.3. The van der Waals surface area contributed by atoms with Crippen molar-refractivity contribution in [3.05, 3.63) is 95.6 Å². The van der Waals surface area contributed by atoms with Crippen LogP contribution in [0.15, 0.2) is 78.9 Å². The summed E-state index contributed by atoms with van der Waals surface area (Å²) >= 11 is 0. The van der Waals surface area contributed by atoms with Gasteiger partial charge in [-0.15, -0.1) is 0 Å². The number of ether oxygens (including phenoxy) is 1. The molecule has 1 aliphatic carbocycles. The fourth-order valence-corrected chi connectivity index (χ4v) is 6.42. The van der Waals surface area contributed by atoms with Crippen LogP contribution in [0.5, 0.6) is 5.75 Å². The van der Waals surface area contributed by atoms with E-state index in [9.17, 15) is 9.59 Å². The first-order valence-corrected chi connectivity index (χ1v) is 14.0. The summed E-state index contributed by atoms with van der Waals surface area (Å²) in [6.45, 7) is 5.47. The lowest BCUT2D eigenvalue weighted by atomic mass is 9.78. The molecule has 6 heteroatoms. The number of likely N-dealkylation sites (tertiary alicyclic amines) is 2. The molecule has 0 atom stereocenters. The van der Waals surface area contributed by atoms with Crippen molar-refractivity contribution in [2.24, 2.45) is 5.41 Å². The molecule has 3 amide bonds. The summed E-state index contributed by atoms with van der Waals surface area (Å²) in [6.07, 6.45) is 6.32. The van der Waals surface area contributed by atoms with Crippen molar-refractivity contribution >= 4 is 18.0 Å². The minimum absolute atomic E-state index is 0.00205. The number of urea groups is 1. The van der Waals surface area contributed by atoms with Gasteiger partial charge in [-0.25, -0.2) is 4.79 Å². The van der Waals surface area contributed by atoms with E-state index in [0.29, 0.717) is 6.61 Å². The lowest BCUT2D eigenvalue weighted by Gasteiger charge is -2.39. The zero-order valence-electron chi connectivity index (χ0n) is 22.4. The molecule has 0 bridgehead atoms. The van der Waals surface area contributed by atoms with Crippen LogP contribution in [0.25, 0.3) is 17.2 Å². The van der Waals surface area contributed by atoms with Crippen LogP contribution in [-0.4, -0.2) is 54.5 Å². The van der Waals surface area contributed by atoms with Gasteiger partial charge in [0.05, 0.1) is 12.6 Å². The predicted octanol–water partition coefficient (Wildman–Crippen LogP) is 5.89. The molecule has 2 heterocycles. The molecular formula is C33H35N3O3. The van der Waals surface area contributed by atoms with E-state index in [2.05, 4.69) is 41.7 Å². The zero-order chi connectivity index (χ0) is 26.8. The van der Waals surface area contributed by atoms with E-state index in [1.54, 1.807) is 6.08 Å². The third-order valence-electron chi connectivity index (χ3n) is 8.59. The lowest BCUT2D eigenvalue weighted by Crippen LogP contribution is -2.45. The molecule has 0 radical (unpaired) electrons. The van der Waals surface area contributed by atoms with Crippen LogP contribution >= 0.6 is 0 Å². The highest BCUT2D eigenvalue weighted by Gasteiger charge is 2.43. The van der Waals surface area contributed by atoms with Crippen LogP contribution in [0.2, 0.25) is 0 Å². The first kappa shape index (κ1) is 25.2. The van der Waals surface area contributed by atoms with Crippen molar-refractivity contribution in [1.82, 2.24) is 15.1 Å². The molecule has 0 aromatic heterocycles. The van der Waals surface area contributed by atoms with Gasteiger partial charge in [0.15, 0.2) is 0 Å². The van der Waals surface area contributed by atoms with E-state index in [0.717, 1.165) is 67.9 Å². The largest absolute Gasteiger partial charge is 0.493 e. The van der Waals surface area contributed by atoms with Gasteiger partial charge in [-0.05, 0) is 66.0 Å². The van der Waals surface area contributed by atoms with E-state index in [-0.39, 0.29) is 23.4 Å². The Balaban J connectivity index is 1.06. The van der Waals surface area contributed by atoms with Gasteiger partial charge < -0.3 is 19.9 Å². The van der Waals surface area contributed by atoms with Crippen LogP contribution < -0.4 is 10.1 Å². The third-order valence-corrected chi connectivity index (χ3v) is 8.59. The molecule has 2 aliphatic heterocycles. The van der Waals surface area contributed by atoms with Crippen molar-refractivity contribution in [3.8, 4) is 16.9 Å². The second-order valence-electron chi connectivity index (χ2n) is 10.9. The Morgan fingerprint density at radius 2 is 1.46 bits per heavy atom. The van der Waals surface area contributed by atoms with E-state index >= 15 is 0 Å². The van der Waals surface area contributed by atoms with Crippen molar-refractivity contribution < 1.29 is 14.3 Å². The number of amides is 3. The molecule has 1 spiro atoms. The van der Waals surface area contributed by atoms with Crippen molar-refractivity contribution in [3.63, 3.8) is 0 Å². The van der Waals surface area contributed by atoms with Crippen molar-refractivity contribution in [2.45, 2.75) is 32.2 Å². The molecule has 3 aliphatic rings. The highest BCUT2D eigenvalue weighted by Crippen LogP contribution is 2.44. The highest BCUT2D eigenvalue weighted by molar-refractivity contribution is 5.92. The van der Waals surface area contributed by atoms with Gasteiger partial charge in [-0.2, -0.15) is 0 Å². The number of piperidine rings is 1. The number of hydrogen-bond donors (Lipinski definition) is 1. The molecule has 2 fully saturated rings. The fourth-order valence-electron chi connectivity index (χ4n) is 6.42. The first-order chi connectivity index (χ1) is 19.1. The zero-order valence-corrected chi connectivity index (χ0v) is 22.4. The van der Waals surface area contributed by atoms with Gasteiger partial charge >= 0.3 is 6.03 Å². The van der Waals surface area contributed by atoms with Gasteiger partial charge in [0.2, 0.25) is 5.91 Å². The molecular weight excluding hydrogens is 486 g/mol. The maximum absolute atomic E-state index is 13.4. The first-order valence-electron chi connectivity index (χ1n) is 14.0. The molecule has 1 N–H and O–H groups in total. The van der Waals surface area contributed by atoms with Crippen LogP contribution in [0.4, 0.5) is 4.79 Å². The highest BCUT2D eigenvalue weighted by atomic mass is 16.5. The molecule has 3 aromatic carbocycles. The normalized spacial score (nSPS) is 17.9. The fraction of sp³-hybridized carbons (Fsp3) is 0.333. The maximum Gasteiger partial charge on any atom is 0.318 e. The maximum atomic E-state index is 13.4. The van der Waals surface area contributed by atoms with Gasteiger partial charge in [0.25, 0.3) is 0 Å². The Bertz CT molecular complexity index is 1360. The molecule has 2 saturated heterocycles. The number of carbonyl (C=O) groups excluding carboxylic acids is 2. The SMILES string of the molecule is CCOc1ccccc1/C=C/C(=O)N1CCC2(CC1)CCN(C(=O)NC1c3ccccc3-c3ccccc31)C2. The Hall–Kier alpha value is -4.06. The van der Waals surface area contributed by atoms with E-state index in [1.165, 1.54) is 11.1 Å². The lowest BCUT2D eigenvalue weighted by molar-refractivity contribution is -0.128. The molecule has 0 saturated carbocycles. The Morgan fingerprint density at radius 3 is 2.13 bits per heavy atom. The summed E-state index contributed by atoms with van der Waals surface area (Å²) in [5.74, 6) is 0.817. The van der Waals surface area contributed by atoms with E-state index < -0.39 is 0 Å². The number of carbonyl (C=O) groups is 2. The van der Waals surface area contributed by atoms with Crippen LogP contribution in [0.1, 0.15) is 48.9 Å². The van der Waals surface area contributed by atoms with Gasteiger partial charge in [-0.1, -0.05) is 66.7 Å². The van der Waals surface area contributed by atoms with Gasteiger partial charge in [0.1, 0.15) is 5.75 Å². The Kier molecular flexibility index (Phi) is 6.86.